The highest BCUT2D eigenvalue weighted by Gasteiger charge is 2.51. The largest absolute Gasteiger partial charge is 0.494 e. The lowest BCUT2D eigenvalue weighted by molar-refractivity contribution is -0.217. The maximum Gasteiger partial charge on any atom is 0.494 e. The van der Waals surface area contributed by atoms with Crippen LogP contribution in [0.2, 0.25) is 0 Å². The molecule has 1 fully saturated rings. The van der Waals surface area contributed by atoms with Crippen LogP contribution in [0.4, 0.5) is 0 Å². The molecule has 2 aromatic rings. The van der Waals surface area contributed by atoms with Crippen LogP contribution in [0.15, 0.2) is 34.9 Å². The Labute approximate surface area is 146 Å². The summed E-state index contributed by atoms with van der Waals surface area (Å²) in [6.07, 6.45) is 0. The minimum atomic E-state index is -0.741. The quantitative estimate of drug-likeness (QED) is 0.478. The summed E-state index contributed by atoms with van der Waals surface area (Å²) in [6, 6.07) is 9.02. The second-order valence-electron chi connectivity index (χ2n) is 6.82. The monoisotopic (exact) mass is 345 g/mol. The van der Waals surface area contributed by atoms with E-state index in [2.05, 4.69) is 14.9 Å². The molecule has 132 valence electrons. The van der Waals surface area contributed by atoms with Crippen molar-refractivity contribution in [1.29, 1.82) is 0 Å². The summed E-state index contributed by atoms with van der Waals surface area (Å²) in [5, 5.41) is 3.87. The first-order valence-electron chi connectivity index (χ1n) is 7.91. The summed E-state index contributed by atoms with van der Waals surface area (Å²) in [4.78, 5) is 20.2. The van der Waals surface area contributed by atoms with Gasteiger partial charge < -0.3 is 13.8 Å². The van der Waals surface area contributed by atoms with E-state index in [1.54, 1.807) is 0 Å². The number of hydrogen-bond acceptors (Lipinski definition) is 7. The molecule has 8 heteroatoms. The fraction of sp³-hybridized carbons (Fsp3) is 0.412. The summed E-state index contributed by atoms with van der Waals surface area (Å²) in [7, 11) is 0.813. The van der Waals surface area contributed by atoms with E-state index in [1.165, 1.54) is 13.2 Å². The second-order valence-corrected chi connectivity index (χ2v) is 6.82. The molecule has 0 aliphatic carbocycles. The molecule has 0 unspecified atom stereocenters. The van der Waals surface area contributed by atoms with Gasteiger partial charge >= 0.3 is 13.1 Å². The molecule has 25 heavy (non-hydrogen) atoms. The molecule has 0 saturated carbocycles. The predicted molar refractivity (Wildman–Crippen MR) is 90.1 cm³/mol. The molecule has 1 aromatic heterocycles. The van der Waals surface area contributed by atoms with Gasteiger partial charge in [0.2, 0.25) is 5.76 Å². The van der Waals surface area contributed by atoms with Crippen molar-refractivity contribution >= 4 is 18.6 Å². The molecule has 1 aromatic carbocycles. The molecule has 0 bridgehead atoms. The Morgan fingerprint density at radius 3 is 2.24 bits per heavy atom. The highest BCUT2D eigenvalue weighted by Crippen LogP contribution is 2.36. The van der Waals surface area contributed by atoms with Crippen molar-refractivity contribution in [2.75, 3.05) is 7.11 Å². The van der Waals surface area contributed by atoms with Gasteiger partial charge in [0.05, 0.1) is 18.3 Å². The van der Waals surface area contributed by atoms with Crippen LogP contribution in [0, 0.1) is 0 Å². The van der Waals surface area contributed by atoms with Crippen LogP contribution in [-0.4, -0.2) is 36.6 Å². The SMILES string of the molecule is COOC(=O)c1cc(-c2ccc(B3OC(C)(C)C(C)(C)O3)cc2)no1. The van der Waals surface area contributed by atoms with E-state index in [-0.39, 0.29) is 17.0 Å². The third kappa shape index (κ3) is 3.33. The number of rotatable bonds is 4. The van der Waals surface area contributed by atoms with Gasteiger partial charge in [-0.3, -0.25) is 4.89 Å². The Bertz CT molecular complexity index is 752. The summed E-state index contributed by atoms with van der Waals surface area (Å²) < 4.78 is 17.0. The lowest BCUT2D eigenvalue weighted by atomic mass is 9.79. The van der Waals surface area contributed by atoms with Crippen LogP contribution in [-0.2, 0) is 19.1 Å². The van der Waals surface area contributed by atoms with Gasteiger partial charge in [-0.05, 0) is 33.2 Å². The third-order valence-electron chi connectivity index (χ3n) is 4.60. The van der Waals surface area contributed by atoms with Crippen LogP contribution in [0.3, 0.4) is 0 Å². The van der Waals surface area contributed by atoms with Gasteiger partial charge in [0, 0.05) is 11.6 Å². The van der Waals surface area contributed by atoms with Crippen molar-refractivity contribution < 1.29 is 28.4 Å². The molecular weight excluding hydrogens is 325 g/mol. The van der Waals surface area contributed by atoms with Gasteiger partial charge in [-0.15, -0.1) is 0 Å². The van der Waals surface area contributed by atoms with E-state index in [0.717, 1.165) is 11.0 Å². The van der Waals surface area contributed by atoms with Gasteiger partial charge in [0.1, 0.15) is 5.69 Å². The molecular formula is C17H20BNO6. The topological polar surface area (TPSA) is 80.0 Å². The van der Waals surface area contributed by atoms with E-state index >= 15 is 0 Å². The summed E-state index contributed by atoms with van der Waals surface area (Å²) in [5.41, 5.74) is 1.44. The van der Waals surface area contributed by atoms with Crippen LogP contribution >= 0.6 is 0 Å². The van der Waals surface area contributed by atoms with E-state index in [4.69, 9.17) is 13.8 Å². The van der Waals surface area contributed by atoms with Gasteiger partial charge in [-0.25, -0.2) is 4.79 Å². The average molecular weight is 345 g/mol. The zero-order chi connectivity index (χ0) is 18.2. The van der Waals surface area contributed by atoms with Gasteiger partial charge in [-0.1, -0.05) is 29.4 Å². The molecule has 1 aliphatic heterocycles. The Hall–Kier alpha value is -2.16. The zero-order valence-electron chi connectivity index (χ0n) is 14.9. The van der Waals surface area contributed by atoms with Crippen LogP contribution in [0.1, 0.15) is 38.2 Å². The molecule has 3 rings (SSSR count). The molecule has 1 aliphatic rings. The van der Waals surface area contributed by atoms with Crippen molar-refractivity contribution in [2.24, 2.45) is 0 Å². The lowest BCUT2D eigenvalue weighted by Gasteiger charge is -2.32. The summed E-state index contributed by atoms with van der Waals surface area (Å²) in [6.45, 7) is 8.05. The molecule has 0 atom stereocenters. The van der Waals surface area contributed by atoms with E-state index in [9.17, 15) is 4.79 Å². The highest BCUT2D eigenvalue weighted by atomic mass is 17.2. The second kappa shape index (κ2) is 6.29. The molecule has 7 nitrogen and oxygen atoms in total. The fourth-order valence-corrected chi connectivity index (χ4v) is 2.41. The van der Waals surface area contributed by atoms with Crippen molar-refractivity contribution in [3.05, 3.63) is 36.1 Å². The molecule has 0 N–H and O–H groups in total. The number of carbonyl (C=O) groups excluding carboxylic acids is 1. The Morgan fingerprint density at radius 1 is 1.08 bits per heavy atom. The van der Waals surface area contributed by atoms with E-state index in [1.807, 2.05) is 52.0 Å². The smallest absolute Gasteiger partial charge is 0.399 e. The maximum absolute atomic E-state index is 11.5. The summed E-state index contributed by atoms with van der Waals surface area (Å²) >= 11 is 0. The Kier molecular flexibility index (Phi) is 4.44. The first-order valence-corrected chi connectivity index (χ1v) is 7.91. The molecule has 0 radical (unpaired) electrons. The van der Waals surface area contributed by atoms with Gasteiger partial charge in [0.25, 0.3) is 0 Å². The third-order valence-corrected chi connectivity index (χ3v) is 4.60. The predicted octanol–water partition coefficient (Wildman–Crippen LogP) is 2.36. The number of hydrogen-bond donors (Lipinski definition) is 0. The highest BCUT2D eigenvalue weighted by molar-refractivity contribution is 6.62. The van der Waals surface area contributed by atoms with Crippen molar-refractivity contribution in [2.45, 2.75) is 38.9 Å². The molecule has 1 saturated heterocycles. The normalized spacial score (nSPS) is 18.4. The minimum Gasteiger partial charge on any atom is -0.399 e. The van der Waals surface area contributed by atoms with Crippen molar-refractivity contribution in [1.82, 2.24) is 5.16 Å². The summed E-state index contributed by atoms with van der Waals surface area (Å²) in [5.74, 6) is -0.776. The number of aromatic nitrogens is 1. The maximum atomic E-state index is 11.5. The molecule has 0 amide bonds. The Morgan fingerprint density at radius 2 is 1.68 bits per heavy atom. The molecule has 2 heterocycles. The average Bonchev–Trinajstić information content (AvgIpc) is 3.11. The minimum absolute atomic E-state index is 0.0353. The van der Waals surface area contributed by atoms with E-state index < -0.39 is 13.1 Å². The number of benzene rings is 1. The molecule has 0 spiro atoms. The number of carbonyl (C=O) groups is 1. The zero-order valence-corrected chi connectivity index (χ0v) is 14.9. The van der Waals surface area contributed by atoms with Crippen molar-refractivity contribution in [3.63, 3.8) is 0 Å². The standard InChI is InChI=1S/C17H20BNO6/c1-16(2)17(3,4)25-18(24-16)12-8-6-11(7-9-12)13-10-14(22-19-13)15(20)23-21-5/h6-10H,1-5H3. The number of nitrogens with zero attached hydrogens (tertiary/aromatic N) is 1. The van der Waals surface area contributed by atoms with E-state index in [0.29, 0.717) is 5.69 Å². The Balaban J connectivity index is 1.76. The van der Waals surface area contributed by atoms with Crippen LogP contribution in [0.25, 0.3) is 11.3 Å². The van der Waals surface area contributed by atoms with Gasteiger partial charge in [-0.2, -0.15) is 4.89 Å². The fourth-order valence-electron chi connectivity index (χ4n) is 2.41. The van der Waals surface area contributed by atoms with Gasteiger partial charge in [0.15, 0.2) is 0 Å². The van der Waals surface area contributed by atoms with Crippen LogP contribution < -0.4 is 5.46 Å². The lowest BCUT2D eigenvalue weighted by Crippen LogP contribution is -2.41. The van der Waals surface area contributed by atoms with Crippen LogP contribution in [0.5, 0.6) is 0 Å². The first-order chi connectivity index (χ1) is 11.7. The first kappa shape index (κ1) is 17.7. The van der Waals surface area contributed by atoms with Crippen molar-refractivity contribution in [3.8, 4) is 11.3 Å².